The normalized spacial score (nSPS) is 11.1. The first kappa shape index (κ1) is 11.9. The van der Waals surface area contributed by atoms with Gasteiger partial charge in [0.25, 0.3) is 0 Å². The fraction of sp³-hybridized carbons (Fsp3) is 0.188. The SMILES string of the molecule is Cc1ccn2c(CN)c(Cc3ccccc3)nc2c1. The summed E-state index contributed by atoms with van der Waals surface area (Å²) in [6.45, 7) is 2.58. The zero-order valence-corrected chi connectivity index (χ0v) is 11.0. The van der Waals surface area contributed by atoms with Crippen molar-refractivity contribution in [3.63, 3.8) is 0 Å². The van der Waals surface area contributed by atoms with Crippen LogP contribution < -0.4 is 5.73 Å². The van der Waals surface area contributed by atoms with Crippen LogP contribution in [-0.2, 0) is 13.0 Å². The molecule has 0 saturated carbocycles. The lowest BCUT2D eigenvalue weighted by molar-refractivity contribution is 0.925. The van der Waals surface area contributed by atoms with E-state index in [0.717, 1.165) is 23.5 Å². The van der Waals surface area contributed by atoms with Gasteiger partial charge >= 0.3 is 0 Å². The topological polar surface area (TPSA) is 43.3 Å². The van der Waals surface area contributed by atoms with Crippen LogP contribution in [0, 0.1) is 6.92 Å². The molecule has 19 heavy (non-hydrogen) atoms. The third-order valence-electron chi connectivity index (χ3n) is 3.37. The summed E-state index contributed by atoms with van der Waals surface area (Å²) in [5.74, 6) is 0. The molecule has 0 radical (unpaired) electrons. The average Bonchev–Trinajstić information content (AvgIpc) is 2.76. The summed E-state index contributed by atoms with van der Waals surface area (Å²) in [7, 11) is 0. The molecular weight excluding hydrogens is 234 g/mol. The van der Waals surface area contributed by atoms with Crippen molar-refractivity contribution in [3.05, 3.63) is 71.2 Å². The number of aromatic nitrogens is 2. The number of hydrogen-bond donors (Lipinski definition) is 1. The number of imidazole rings is 1. The first-order valence-corrected chi connectivity index (χ1v) is 6.48. The molecule has 96 valence electrons. The number of hydrogen-bond acceptors (Lipinski definition) is 2. The highest BCUT2D eigenvalue weighted by Gasteiger charge is 2.11. The van der Waals surface area contributed by atoms with Gasteiger partial charge in [-0.1, -0.05) is 30.3 Å². The molecule has 0 bridgehead atoms. The predicted molar refractivity (Wildman–Crippen MR) is 77.1 cm³/mol. The highest BCUT2D eigenvalue weighted by molar-refractivity contribution is 5.46. The summed E-state index contributed by atoms with van der Waals surface area (Å²) in [5.41, 5.74) is 11.5. The summed E-state index contributed by atoms with van der Waals surface area (Å²) >= 11 is 0. The molecule has 2 aromatic heterocycles. The van der Waals surface area contributed by atoms with Gasteiger partial charge in [0, 0.05) is 19.2 Å². The summed E-state index contributed by atoms with van der Waals surface area (Å²) in [5, 5.41) is 0. The van der Waals surface area contributed by atoms with Gasteiger partial charge in [-0.15, -0.1) is 0 Å². The van der Waals surface area contributed by atoms with Crippen LogP contribution >= 0.6 is 0 Å². The van der Waals surface area contributed by atoms with Crippen LogP contribution in [0.15, 0.2) is 48.7 Å². The van der Waals surface area contributed by atoms with E-state index in [1.54, 1.807) is 0 Å². The van der Waals surface area contributed by atoms with E-state index in [1.807, 2.05) is 12.3 Å². The quantitative estimate of drug-likeness (QED) is 0.777. The average molecular weight is 251 g/mol. The fourth-order valence-electron chi connectivity index (χ4n) is 2.39. The maximum Gasteiger partial charge on any atom is 0.137 e. The molecule has 3 rings (SSSR count). The molecule has 0 aliphatic heterocycles. The second-order valence-corrected chi connectivity index (χ2v) is 4.80. The Balaban J connectivity index is 2.08. The lowest BCUT2D eigenvalue weighted by Gasteiger charge is -2.02. The molecule has 3 aromatic rings. The zero-order valence-electron chi connectivity index (χ0n) is 11.0. The second-order valence-electron chi connectivity index (χ2n) is 4.80. The summed E-state index contributed by atoms with van der Waals surface area (Å²) in [4.78, 5) is 4.72. The van der Waals surface area contributed by atoms with Gasteiger partial charge < -0.3 is 10.1 Å². The van der Waals surface area contributed by atoms with E-state index in [-0.39, 0.29) is 0 Å². The van der Waals surface area contributed by atoms with Gasteiger partial charge in [-0.05, 0) is 30.2 Å². The third-order valence-corrected chi connectivity index (χ3v) is 3.37. The first-order chi connectivity index (χ1) is 9.28. The van der Waals surface area contributed by atoms with Crippen LogP contribution in [0.5, 0.6) is 0 Å². The van der Waals surface area contributed by atoms with Crippen molar-refractivity contribution in [2.75, 3.05) is 0 Å². The smallest absolute Gasteiger partial charge is 0.137 e. The van der Waals surface area contributed by atoms with Crippen molar-refractivity contribution in [2.45, 2.75) is 19.9 Å². The van der Waals surface area contributed by atoms with Gasteiger partial charge in [0.2, 0.25) is 0 Å². The Morgan fingerprint density at radius 1 is 1.16 bits per heavy atom. The molecule has 0 saturated heterocycles. The molecule has 2 N–H and O–H groups in total. The maximum absolute atomic E-state index is 5.89. The minimum Gasteiger partial charge on any atom is -0.325 e. The van der Waals surface area contributed by atoms with Crippen LogP contribution in [0.1, 0.15) is 22.5 Å². The molecule has 0 amide bonds. The van der Waals surface area contributed by atoms with Gasteiger partial charge in [0.15, 0.2) is 0 Å². The largest absolute Gasteiger partial charge is 0.325 e. The van der Waals surface area contributed by atoms with Gasteiger partial charge in [0.1, 0.15) is 5.65 Å². The van der Waals surface area contributed by atoms with Crippen molar-refractivity contribution >= 4 is 5.65 Å². The standard InChI is InChI=1S/C16H17N3/c1-12-7-8-19-15(11-17)14(18-16(19)9-12)10-13-5-3-2-4-6-13/h2-9H,10-11,17H2,1H3. The maximum atomic E-state index is 5.89. The number of pyridine rings is 1. The van der Waals surface area contributed by atoms with Crippen LogP contribution in [0.2, 0.25) is 0 Å². The number of benzene rings is 1. The molecule has 0 unspecified atom stereocenters. The van der Waals surface area contributed by atoms with E-state index in [1.165, 1.54) is 11.1 Å². The highest BCUT2D eigenvalue weighted by atomic mass is 15.0. The van der Waals surface area contributed by atoms with Crippen LogP contribution in [0.4, 0.5) is 0 Å². The highest BCUT2D eigenvalue weighted by Crippen LogP contribution is 2.17. The molecule has 2 heterocycles. The molecule has 0 aliphatic rings. The molecular formula is C16H17N3. The predicted octanol–water partition coefficient (Wildman–Crippen LogP) is 2.69. The Hall–Kier alpha value is -2.13. The number of nitrogens with zero attached hydrogens (tertiary/aromatic N) is 2. The minimum atomic E-state index is 0.506. The van der Waals surface area contributed by atoms with Gasteiger partial charge in [-0.2, -0.15) is 0 Å². The minimum absolute atomic E-state index is 0.506. The van der Waals surface area contributed by atoms with E-state index < -0.39 is 0 Å². The van der Waals surface area contributed by atoms with Crippen LogP contribution in [0.25, 0.3) is 5.65 Å². The van der Waals surface area contributed by atoms with Crippen molar-refractivity contribution in [2.24, 2.45) is 5.73 Å². The third kappa shape index (κ3) is 2.25. The van der Waals surface area contributed by atoms with E-state index in [4.69, 9.17) is 10.7 Å². The summed E-state index contributed by atoms with van der Waals surface area (Å²) in [6, 6.07) is 14.5. The van der Waals surface area contributed by atoms with Crippen LogP contribution in [-0.4, -0.2) is 9.38 Å². The van der Waals surface area contributed by atoms with E-state index in [0.29, 0.717) is 6.54 Å². The van der Waals surface area contributed by atoms with Crippen molar-refractivity contribution in [1.29, 1.82) is 0 Å². The Kier molecular flexibility index (Phi) is 3.05. The first-order valence-electron chi connectivity index (χ1n) is 6.48. The number of aryl methyl sites for hydroxylation is 1. The van der Waals surface area contributed by atoms with Crippen LogP contribution in [0.3, 0.4) is 0 Å². The molecule has 0 fully saturated rings. The van der Waals surface area contributed by atoms with Crippen molar-refractivity contribution in [1.82, 2.24) is 9.38 Å². The zero-order chi connectivity index (χ0) is 13.2. The Morgan fingerprint density at radius 3 is 2.68 bits per heavy atom. The van der Waals surface area contributed by atoms with Crippen molar-refractivity contribution < 1.29 is 0 Å². The monoisotopic (exact) mass is 251 g/mol. The second kappa shape index (κ2) is 4.86. The molecule has 0 spiro atoms. The van der Waals surface area contributed by atoms with E-state index in [9.17, 15) is 0 Å². The van der Waals surface area contributed by atoms with Gasteiger partial charge in [-0.3, -0.25) is 0 Å². The summed E-state index contributed by atoms with van der Waals surface area (Å²) < 4.78 is 2.09. The van der Waals surface area contributed by atoms with Crippen molar-refractivity contribution in [3.8, 4) is 0 Å². The van der Waals surface area contributed by atoms with E-state index in [2.05, 4.69) is 47.7 Å². The molecule has 3 nitrogen and oxygen atoms in total. The number of rotatable bonds is 3. The summed E-state index contributed by atoms with van der Waals surface area (Å²) in [6.07, 6.45) is 2.88. The molecule has 0 aliphatic carbocycles. The fourth-order valence-corrected chi connectivity index (χ4v) is 2.39. The Morgan fingerprint density at radius 2 is 1.95 bits per heavy atom. The number of fused-ring (bicyclic) bond motifs is 1. The molecule has 0 atom stereocenters. The molecule has 3 heteroatoms. The lowest BCUT2D eigenvalue weighted by atomic mass is 10.1. The van der Waals surface area contributed by atoms with Gasteiger partial charge in [-0.25, -0.2) is 4.98 Å². The van der Waals surface area contributed by atoms with E-state index >= 15 is 0 Å². The Bertz CT molecular complexity index is 699. The van der Waals surface area contributed by atoms with Gasteiger partial charge in [0.05, 0.1) is 11.4 Å². The molecule has 1 aromatic carbocycles. The number of nitrogens with two attached hydrogens (primary N) is 1. The Labute approximate surface area is 112 Å². The lowest BCUT2D eigenvalue weighted by Crippen LogP contribution is -2.04.